The van der Waals surface area contributed by atoms with Gasteiger partial charge >= 0.3 is 0 Å². The molecule has 1 saturated heterocycles. The van der Waals surface area contributed by atoms with E-state index in [9.17, 15) is 4.39 Å². The van der Waals surface area contributed by atoms with Crippen LogP contribution >= 0.6 is 0 Å². The van der Waals surface area contributed by atoms with Crippen LogP contribution in [-0.2, 0) is 6.54 Å². The average molecular weight is 264 g/mol. The second-order valence-electron chi connectivity index (χ2n) is 5.74. The van der Waals surface area contributed by atoms with E-state index in [1.807, 2.05) is 0 Å². The molecule has 0 saturated carbocycles. The minimum Gasteiger partial charge on any atom is -0.368 e. The van der Waals surface area contributed by atoms with Gasteiger partial charge in [-0.25, -0.2) is 4.39 Å². The summed E-state index contributed by atoms with van der Waals surface area (Å²) in [7, 11) is 0. The third-order valence-corrected chi connectivity index (χ3v) is 3.92. The lowest BCUT2D eigenvalue weighted by molar-refractivity contribution is 0.491. The fourth-order valence-electron chi connectivity index (χ4n) is 2.98. The molecule has 0 bridgehead atoms. The van der Waals surface area contributed by atoms with Gasteiger partial charge in [0.2, 0.25) is 0 Å². The fourth-order valence-corrected chi connectivity index (χ4v) is 2.98. The largest absolute Gasteiger partial charge is 0.368 e. The average Bonchev–Trinajstić information content (AvgIpc) is 2.85. The van der Waals surface area contributed by atoms with Crippen LogP contribution in [0.4, 0.5) is 10.1 Å². The zero-order valence-corrected chi connectivity index (χ0v) is 12.2. The molecule has 0 spiro atoms. The highest BCUT2D eigenvalue weighted by atomic mass is 19.1. The Morgan fingerprint density at radius 3 is 2.84 bits per heavy atom. The standard InChI is InChI=1S/C16H25FN2/c1-4-18-11-13-8-14(17)10-15(9-13)19-7-5-6-16(19)12(2)3/h8-10,12,16,18H,4-7,11H2,1-3H3. The van der Waals surface area contributed by atoms with E-state index in [0.717, 1.165) is 30.9 Å². The normalized spacial score (nSPS) is 19.4. The van der Waals surface area contributed by atoms with E-state index >= 15 is 0 Å². The molecule has 1 heterocycles. The zero-order chi connectivity index (χ0) is 13.8. The van der Waals surface area contributed by atoms with E-state index in [4.69, 9.17) is 0 Å². The Bertz CT molecular complexity index is 417. The summed E-state index contributed by atoms with van der Waals surface area (Å²) in [6, 6.07) is 5.99. The molecule has 106 valence electrons. The Labute approximate surface area is 116 Å². The molecule has 0 aliphatic carbocycles. The van der Waals surface area contributed by atoms with Crippen LogP contribution in [0.15, 0.2) is 18.2 Å². The summed E-state index contributed by atoms with van der Waals surface area (Å²) in [4.78, 5) is 2.38. The number of benzene rings is 1. The van der Waals surface area contributed by atoms with Crippen molar-refractivity contribution in [2.24, 2.45) is 5.92 Å². The van der Waals surface area contributed by atoms with Crippen molar-refractivity contribution in [1.29, 1.82) is 0 Å². The van der Waals surface area contributed by atoms with Gasteiger partial charge in [0.1, 0.15) is 5.82 Å². The highest BCUT2D eigenvalue weighted by Crippen LogP contribution is 2.30. The molecule has 2 nitrogen and oxygen atoms in total. The monoisotopic (exact) mass is 264 g/mol. The van der Waals surface area contributed by atoms with Crippen LogP contribution in [-0.4, -0.2) is 19.1 Å². The Balaban J connectivity index is 2.21. The zero-order valence-electron chi connectivity index (χ0n) is 12.2. The molecule has 1 N–H and O–H groups in total. The predicted molar refractivity (Wildman–Crippen MR) is 79.0 cm³/mol. The smallest absolute Gasteiger partial charge is 0.125 e. The molecular weight excluding hydrogens is 239 g/mol. The number of halogens is 1. The number of rotatable bonds is 5. The molecule has 1 aromatic rings. The maximum Gasteiger partial charge on any atom is 0.125 e. The van der Waals surface area contributed by atoms with Crippen molar-refractivity contribution in [1.82, 2.24) is 5.32 Å². The van der Waals surface area contributed by atoms with Crippen molar-refractivity contribution >= 4 is 5.69 Å². The molecule has 1 atom stereocenters. The molecule has 0 radical (unpaired) electrons. The van der Waals surface area contributed by atoms with Crippen molar-refractivity contribution in [2.45, 2.75) is 46.2 Å². The Morgan fingerprint density at radius 1 is 1.37 bits per heavy atom. The van der Waals surface area contributed by atoms with E-state index in [0.29, 0.717) is 12.0 Å². The summed E-state index contributed by atoms with van der Waals surface area (Å²) >= 11 is 0. The van der Waals surface area contributed by atoms with Crippen LogP contribution < -0.4 is 10.2 Å². The van der Waals surface area contributed by atoms with Crippen LogP contribution in [0.5, 0.6) is 0 Å². The topological polar surface area (TPSA) is 15.3 Å². The van der Waals surface area contributed by atoms with Crippen LogP contribution in [0.25, 0.3) is 0 Å². The van der Waals surface area contributed by atoms with Gasteiger partial charge in [-0.2, -0.15) is 0 Å². The summed E-state index contributed by atoms with van der Waals surface area (Å²) in [5, 5.41) is 3.26. The molecular formula is C16H25FN2. The summed E-state index contributed by atoms with van der Waals surface area (Å²) in [6.45, 7) is 9.26. The lowest BCUT2D eigenvalue weighted by Crippen LogP contribution is -2.33. The highest BCUT2D eigenvalue weighted by Gasteiger charge is 2.27. The third kappa shape index (κ3) is 3.47. The third-order valence-electron chi connectivity index (χ3n) is 3.92. The second-order valence-corrected chi connectivity index (χ2v) is 5.74. The van der Waals surface area contributed by atoms with Gasteiger partial charge < -0.3 is 10.2 Å². The SMILES string of the molecule is CCNCc1cc(F)cc(N2CCCC2C(C)C)c1. The van der Waals surface area contributed by atoms with E-state index in [2.05, 4.69) is 37.1 Å². The fraction of sp³-hybridized carbons (Fsp3) is 0.625. The number of anilines is 1. The Hall–Kier alpha value is -1.09. The Morgan fingerprint density at radius 2 is 2.16 bits per heavy atom. The van der Waals surface area contributed by atoms with Gasteiger partial charge in [0.25, 0.3) is 0 Å². The van der Waals surface area contributed by atoms with Gasteiger partial charge in [-0.05, 0) is 49.1 Å². The van der Waals surface area contributed by atoms with Gasteiger partial charge in [0.05, 0.1) is 0 Å². The van der Waals surface area contributed by atoms with Crippen LogP contribution in [0.1, 0.15) is 39.2 Å². The molecule has 19 heavy (non-hydrogen) atoms. The van der Waals surface area contributed by atoms with E-state index in [1.54, 1.807) is 12.1 Å². The molecule has 2 rings (SSSR count). The lowest BCUT2D eigenvalue weighted by atomic mass is 10.0. The molecule has 1 aliphatic rings. The van der Waals surface area contributed by atoms with Gasteiger partial charge in [0.15, 0.2) is 0 Å². The summed E-state index contributed by atoms with van der Waals surface area (Å²) in [5.41, 5.74) is 2.08. The van der Waals surface area contributed by atoms with Crippen molar-refractivity contribution in [2.75, 3.05) is 18.0 Å². The molecule has 0 amide bonds. The number of nitrogens with one attached hydrogen (secondary N) is 1. The molecule has 1 unspecified atom stereocenters. The summed E-state index contributed by atoms with van der Waals surface area (Å²) in [6.07, 6.45) is 2.43. The molecule has 1 fully saturated rings. The van der Waals surface area contributed by atoms with Crippen LogP contribution in [0, 0.1) is 11.7 Å². The highest BCUT2D eigenvalue weighted by molar-refractivity contribution is 5.51. The summed E-state index contributed by atoms with van der Waals surface area (Å²) < 4.78 is 13.8. The first-order valence-electron chi connectivity index (χ1n) is 7.38. The van der Waals surface area contributed by atoms with Gasteiger partial charge in [-0.1, -0.05) is 20.8 Å². The van der Waals surface area contributed by atoms with Crippen LogP contribution in [0.2, 0.25) is 0 Å². The predicted octanol–water partition coefficient (Wildman–Crippen LogP) is 3.56. The van der Waals surface area contributed by atoms with Crippen molar-refractivity contribution in [3.05, 3.63) is 29.6 Å². The van der Waals surface area contributed by atoms with E-state index in [1.165, 1.54) is 12.8 Å². The quantitative estimate of drug-likeness (QED) is 0.874. The minimum atomic E-state index is -0.125. The van der Waals surface area contributed by atoms with Gasteiger partial charge in [-0.15, -0.1) is 0 Å². The van der Waals surface area contributed by atoms with E-state index in [-0.39, 0.29) is 5.82 Å². The summed E-state index contributed by atoms with van der Waals surface area (Å²) in [5.74, 6) is 0.489. The number of nitrogens with zero attached hydrogens (tertiary/aromatic N) is 1. The first-order chi connectivity index (χ1) is 9.11. The Kier molecular flexibility index (Phi) is 4.81. The lowest BCUT2D eigenvalue weighted by Gasteiger charge is -2.30. The van der Waals surface area contributed by atoms with Crippen molar-refractivity contribution < 1.29 is 4.39 Å². The van der Waals surface area contributed by atoms with Gasteiger partial charge in [-0.3, -0.25) is 0 Å². The number of hydrogen-bond donors (Lipinski definition) is 1. The maximum absolute atomic E-state index is 13.8. The first-order valence-corrected chi connectivity index (χ1v) is 7.38. The second kappa shape index (κ2) is 6.38. The van der Waals surface area contributed by atoms with Crippen LogP contribution in [0.3, 0.4) is 0 Å². The number of hydrogen-bond acceptors (Lipinski definition) is 2. The maximum atomic E-state index is 13.8. The van der Waals surface area contributed by atoms with E-state index < -0.39 is 0 Å². The van der Waals surface area contributed by atoms with Crippen molar-refractivity contribution in [3.8, 4) is 0 Å². The van der Waals surface area contributed by atoms with Crippen molar-refractivity contribution in [3.63, 3.8) is 0 Å². The first kappa shape index (κ1) is 14.3. The molecule has 1 aliphatic heterocycles. The van der Waals surface area contributed by atoms with Gasteiger partial charge in [0, 0.05) is 24.8 Å². The molecule has 3 heteroatoms. The minimum absolute atomic E-state index is 0.125. The molecule has 1 aromatic carbocycles. The molecule has 0 aromatic heterocycles.